The summed E-state index contributed by atoms with van der Waals surface area (Å²) in [5.41, 5.74) is 5.46. The Bertz CT molecular complexity index is 1240. The van der Waals surface area contributed by atoms with Crippen LogP contribution in [0.15, 0.2) is 58.9 Å². The normalized spacial score (nSPS) is 18.6. The van der Waals surface area contributed by atoms with Crippen LogP contribution in [-0.4, -0.2) is 30.6 Å². The lowest BCUT2D eigenvalue weighted by Crippen LogP contribution is -2.37. The van der Waals surface area contributed by atoms with Crippen molar-refractivity contribution < 1.29 is 19.1 Å². The summed E-state index contributed by atoms with van der Waals surface area (Å²) in [5.74, 6) is 1.12. The van der Waals surface area contributed by atoms with E-state index in [9.17, 15) is 9.59 Å². The first-order valence-electron chi connectivity index (χ1n) is 11.9. The molecule has 0 radical (unpaired) electrons. The maximum Gasteiger partial charge on any atom is 0.174 e. The highest BCUT2D eigenvalue weighted by atomic mass is 127. The zero-order chi connectivity index (χ0) is 24.7. The summed E-state index contributed by atoms with van der Waals surface area (Å²) < 4.78 is 12.8. The Kier molecular flexibility index (Phi) is 6.95. The van der Waals surface area contributed by atoms with Crippen molar-refractivity contribution in [2.75, 3.05) is 14.2 Å². The number of allylic oxidation sites excluding steroid dienone is 4. The predicted octanol–water partition coefficient (Wildman–Crippen LogP) is 6.58. The number of carbonyl (C=O) groups is 2. The summed E-state index contributed by atoms with van der Waals surface area (Å²) in [6, 6.07) is 11.5. The first kappa shape index (κ1) is 24.4. The van der Waals surface area contributed by atoms with Gasteiger partial charge in [-0.15, -0.1) is 0 Å². The van der Waals surface area contributed by atoms with E-state index in [4.69, 9.17) is 21.1 Å². The highest BCUT2D eigenvalue weighted by molar-refractivity contribution is 14.1. The molecule has 182 valence electrons. The predicted molar refractivity (Wildman–Crippen MR) is 144 cm³/mol. The van der Waals surface area contributed by atoms with Crippen LogP contribution in [0.3, 0.4) is 0 Å². The molecule has 0 atom stereocenters. The second-order valence-corrected chi connectivity index (χ2v) is 10.7. The maximum absolute atomic E-state index is 13.2. The van der Waals surface area contributed by atoms with Gasteiger partial charge in [0.15, 0.2) is 23.1 Å². The third-order valence-electron chi connectivity index (χ3n) is 7.16. The average Bonchev–Trinajstić information content (AvgIpc) is 2.85. The minimum absolute atomic E-state index is 0.140. The maximum atomic E-state index is 13.2. The Morgan fingerprint density at radius 3 is 2.23 bits per heavy atom. The van der Waals surface area contributed by atoms with E-state index in [0.717, 1.165) is 62.9 Å². The van der Waals surface area contributed by atoms with Crippen molar-refractivity contribution in [2.24, 2.45) is 0 Å². The molecule has 3 aliphatic rings. The molecule has 35 heavy (non-hydrogen) atoms. The van der Waals surface area contributed by atoms with Crippen LogP contribution in [-0.2, 0) is 16.2 Å². The molecule has 0 saturated heterocycles. The summed E-state index contributed by atoms with van der Waals surface area (Å²) in [7, 11) is 3.62. The molecule has 0 amide bonds. The van der Waals surface area contributed by atoms with Gasteiger partial charge in [0.25, 0.3) is 0 Å². The Hall–Kier alpha value is -2.32. The summed E-state index contributed by atoms with van der Waals surface area (Å²) in [5, 5.41) is 0.648. The minimum Gasteiger partial charge on any atom is -0.493 e. The fourth-order valence-corrected chi connectivity index (χ4v) is 6.47. The van der Waals surface area contributed by atoms with Crippen LogP contribution in [0.4, 0.5) is 0 Å². The second-order valence-electron chi connectivity index (χ2n) is 9.18. The number of hydrogen-bond acceptors (Lipinski definition) is 5. The Labute approximate surface area is 224 Å². The van der Waals surface area contributed by atoms with Crippen molar-refractivity contribution in [3.63, 3.8) is 0 Å². The van der Waals surface area contributed by atoms with Gasteiger partial charge in [-0.1, -0.05) is 29.8 Å². The zero-order valence-electron chi connectivity index (χ0n) is 19.8. The summed E-state index contributed by atoms with van der Waals surface area (Å²) >= 11 is 8.55. The van der Waals surface area contributed by atoms with Gasteiger partial charge < -0.3 is 14.4 Å². The lowest BCUT2D eigenvalue weighted by atomic mass is 9.71. The lowest BCUT2D eigenvalue weighted by molar-refractivity contribution is -0.117. The number of hydrogen-bond donors (Lipinski definition) is 0. The van der Waals surface area contributed by atoms with Gasteiger partial charge in [-0.25, -0.2) is 0 Å². The largest absolute Gasteiger partial charge is 0.493 e. The number of carbonyl (C=O) groups excluding carboxylic acids is 2. The first-order valence-corrected chi connectivity index (χ1v) is 13.4. The van der Waals surface area contributed by atoms with E-state index in [1.54, 1.807) is 7.11 Å². The number of benzene rings is 2. The quantitative estimate of drug-likeness (QED) is 0.362. The molecular weight excluding hydrogens is 577 g/mol. The average molecular weight is 604 g/mol. The number of halogens is 2. The van der Waals surface area contributed by atoms with E-state index in [-0.39, 0.29) is 17.5 Å². The monoisotopic (exact) mass is 603 g/mol. The van der Waals surface area contributed by atoms with Gasteiger partial charge in [0.1, 0.15) is 6.61 Å². The van der Waals surface area contributed by atoms with E-state index in [2.05, 4.69) is 27.5 Å². The molecule has 0 aromatic heterocycles. The zero-order valence-corrected chi connectivity index (χ0v) is 22.7. The minimum atomic E-state index is -0.364. The van der Waals surface area contributed by atoms with Crippen LogP contribution in [0.1, 0.15) is 55.6 Å². The highest BCUT2D eigenvalue weighted by Crippen LogP contribution is 2.50. The Morgan fingerprint density at radius 2 is 1.63 bits per heavy atom. The molecule has 1 aliphatic heterocycles. The van der Waals surface area contributed by atoms with Gasteiger partial charge in [-0.2, -0.15) is 0 Å². The molecule has 0 unspecified atom stereocenters. The van der Waals surface area contributed by atoms with Crippen molar-refractivity contribution in [3.05, 3.63) is 78.7 Å². The Balaban J connectivity index is 1.59. The number of ketones is 2. The first-order chi connectivity index (χ1) is 16.9. The molecular formula is C28H27ClINO4. The summed E-state index contributed by atoms with van der Waals surface area (Å²) in [4.78, 5) is 28.6. The molecule has 0 spiro atoms. The molecule has 0 N–H and O–H groups in total. The van der Waals surface area contributed by atoms with Crippen LogP contribution >= 0.6 is 34.2 Å². The number of Topliss-reactive ketones (excluding diaryl/α,β-unsaturated/α-hetero) is 2. The van der Waals surface area contributed by atoms with Crippen LogP contribution in [0, 0.1) is 3.57 Å². The van der Waals surface area contributed by atoms with Gasteiger partial charge in [-0.05, 0) is 72.0 Å². The van der Waals surface area contributed by atoms with Crippen molar-refractivity contribution in [1.29, 1.82) is 0 Å². The SMILES string of the molecule is COc1cc(C2C3=C(CCCC3=O)N(C)C3=C2C(=O)CCC3)cc(I)c1OCc1ccccc1Cl. The Morgan fingerprint density at radius 1 is 1.00 bits per heavy atom. The van der Waals surface area contributed by atoms with E-state index < -0.39 is 0 Å². The third kappa shape index (κ3) is 4.40. The van der Waals surface area contributed by atoms with Crippen molar-refractivity contribution in [2.45, 2.75) is 51.0 Å². The lowest BCUT2D eigenvalue weighted by Gasteiger charge is -2.42. The van der Waals surface area contributed by atoms with Crippen molar-refractivity contribution in [3.8, 4) is 11.5 Å². The van der Waals surface area contributed by atoms with Gasteiger partial charge in [0, 0.05) is 58.9 Å². The van der Waals surface area contributed by atoms with Gasteiger partial charge in [0.05, 0.1) is 10.7 Å². The van der Waals surface area contributed by atoms with Crippen molar-refractivity contribution >= 4 is 45.8 Å². The van der Waals surface area contributed by atoms with Crippen molar-refractivity contribution in [1.82, 2.24) is 4.90 Å². The van der Waals surface area contributed by atoms with Crippen LogP contribution in [0.2, 0.25) is 5.02 Å². The van der Waals surface area contributed by atoms with Crippen LogP contribution in [0.5, 0.6) is 11.5 Å². The molecule has 7 heteroatoms. The molecule has 2 aliphatic carbocycles. The topological polar surface area (TPSA) is 55.8 Å². The molecule has 0 bridgehead atoms. The standard InChI is InChI=1S/C28H27ClINO4/c1-31-20-9-5-11-22(32)26(20)25(27-21(31)10-6-12-23(27)33)17-13-19(30)28(24(14-17)34-2)35-15-16-7-3-4-8-18(16)29/h3-4,7-8,13-14,25H,5-6,9-12,15H2,1-2H3. The molecule has 2 aromatic rings. The molecule has 2 aromatic carbocycles. The molecule has 0 saturated carbocycles. The molecule has 1 heterocycles. The third-order valence-corrected chi connectivity index (χ3v) is 8.33. The smallest absolute Gasteiger partial charge is 0.174 e. The highest BCUT2D eigenvalue weighted by Gasteiger charge is 2.42. The van der Waals surface area contributed by atoms with Crippen LogP contribution in [0.25, 0.3) is 0 Å². The van der Waals surface area contributed by atoms with Gasteiger partial charge in [0.2, 0.25) is 0 Å². The molecule has 0 fully saturated rings. The van der Waals surface area contributed by atoms with E-state index >= 15 is 0 Å². The second kappa shape index (κ2) is 9.97. The fourth-order valence-electron chi connectivity index (χ4n) is 5.50. The summed E-state index contributed by atoms with van der Waals surface area (Å²) in [6.07, 6.45) is 4.45. The number of rotatable bonds is 5. The number of nitrogens with zero attached hydrogens (tertiary/aromatic N) is 1. The van der Waals surface area contributed by atoms with E-state index in [1.165, 1.54) is 0 Å². The van der Waals surface area contributed by atoms with E-state index in [1.807, 2.05) is 43.4 Å². The number of methoxy groups -OCH3 is 1. The molecule has 5 nitrogen and oxygen atoms in total. The van der Waals surface area contributed by atoms with Gasteiger partial charge >= 0.3 is 0 Å². The van der Waals surface area contributed by atoms with Crippen LogP contribution < -0.4 is 9.47 Å². The number of ether oxygens (including phenoxy) is 2. The molecule has 5 rings (SSSR count). The fraction of sp³-hybridized carbons (Fsp3) is 0.357. The summed E-state index contributed by atoms with van der Waals surface area (Å²) in [6.45, 7) is 0.307. The van der Waals surface area contributed by atoms with E-state index in [0.29, 0.717) is 36.0 Å². The van der Waals surface area contributed by atoms with Gasteiger partial charge in [-0.3, -0.25) is 9.59 Å².